The number of nitrogens with zero attached hydrogens (tertiary/aromatic N) is 1. The molecule has 0 aromatic heterocycles. The van der Waals surface area contributed by atoms with E-state index >= 15 is 0 Å². The maximum Gasteiger partial charge on any atom is 0.227 e. The Labute approximate surface area is 101 Å². The van der Waals surface area contributed by atoms with Crippen LogP contribution in [0.3, 0.4) is 0 Å². The van der Waals surface area contributed by atoms with Crippen LogP contribution in [0.4, 0.5) is 5.69 Å². The number of anilines is 1. The zero-order valence-corrected chi connectivity index (χ0v) is 10.2. The van der Waals surface area contributed by atoms with Crippen molar-refractivity contribution in [1.29, 1.82) is 5.26 Å². The monoisotopic (exact) mass is 228 g/mol. The molecular formula is C14H16N2O. The fourth-order valence-corrected chi connectivity index (χ4v) is 1.98. The number of benzene rings is 1. The minimum atomic E-state index is 0.0228. The Balaban J connectivity index is 2.15. The molecule has 1 fully saturated rings. The van der Waals surface area contributed by atoms with Gasteiger partial charge >= 0.3 is 0 Å². The zero-order chi connectivity index (χ0) is 12.4. The van der Waals surface area contributed by atoms with Gasteiger partial charge in [0.15, 0.2) is 0 Å². The molecule has 2 rings (SSSR count). The van der Waals surface area contributed by atoms with Crippen LogP contribution in [0.2, 0.25) is 0 Å². The molecule has 0 heterocycles. The van der Waals surface area contributed by atoms with Gasteiger partial charge in [-0.15, -0.1) is 0 Å². The van der Waals surface area contributed by atoms with Gasteiger partial charge in [0.05, 0.1) is 11.3 Å². The van der Waals surface area contributed by atoms with E-state index in [1.165, 1.54) is 0 Å². The van der Waals surface area contributed by atoms with Crippen molar-refractivity contribution in [2.24, 2.45) is 11.8 Å². The molecule has 1 aromatic rings. The number of nitrogens with one attached hydrogen (secondary N) is 1. The van der Waals surface area contributed by atoms with Crippen molar-refractivity contribution in [2.75, 3.05) is 5.32 Å². The van der Waals surface area contributed by atoms with Gasteiger partial charge in [0.2, 0.25) is 5.91 Å². The van der Waals surface area contributed by atoms with Crippen molar-refractivity contribution >= 4 is 11.6 Å². The van der Waals surface area contributed by atoms with Crippen LogP contribution in [-0.2, 0) is 4.79 Å². The Morgan fingerprint density at radius 3 is 2.82 bits per heavy atom. The Bertz CT molecular complexity index is 483. The number of hydrogen-bond donors (Lipinski definition) is 1. The molecule has 1 N–H and O–H groups in total. The fourth-order valence-electron chi connectivity index (χ4n) is 1.98. The van der Waals surface area contributed by atoms with Crippen LogP contribution in [0, 0.1) is 30.1 Å². The summed E-state index contributed by atoms with van der Waals surface area (Å²) in [6, 6.07) is 7.65. The second-order valence-electron chi connectivity index (χ2n) is 4.72. The number of aryl methyl sites for hydroxylation is 1. The van der Waals surface area contributed by atoms with Crippen LogP contribution < -0.4 is 5.32 Å². The molecule has 1 unspecified atom stereocenters. The predicted molar refractivity (Wildman–Crippen MR) is 66.4 cm³/mol. The van der Waals surface area contributed by atoms with E-state index in [0.717, 1.165) is 18.4 Å². The van der Waals surface area contributed by atoms with Gasteiger partial charge in [-0.1, -0.05) is 19.1 Å². The van der Waals surface area contributed by atoms with Crippen molar-refractivity contribution in [3.63, 3.8) is 0 Å². The highest BCUT2D eigenvalue weighted by atomic mass is 16.1. The molecule has 0 radical (unpaired) electrons. The zero-order valence-electron chi connectivity index (χ0n) is 10.2. The molecule has 1 saturated carbocycles. The Hall–Kier alpha value is -1.82. The number of amides is 1. The van der Waals surface area contributed by atoms with Crippen molar-refractivity contribution in [3.8, 4) is 6.07 Å². The molecule has 0 saturated heterocycles. The summed E-state index contributed by atoms with van der Waals surface area (Å²) in [5.74, 6) is 0.599. The first kappa shape index (κ1) is 11.7. The van der Waals surface area contributed by atoms with Gasteiger partial charge in [-0.25, -0.2) is 0 Å². The lowest BCUT2D eigenvalue weighted by molar-refractivity contribution is -0.119. The van der Waals surface area contributed by atoms with E-state index in [0.29, 0.717) is 17.2 Å². The van der Waals surface area contributed by atoms with E-state index < -0.39 is 0 Å². The number of carbonyl (C=O) groups is 1. The van der Waals surface area contributed by atoms with Gasteiger partial charge in [-0.3, -0.25) is 4.79 Å². The normalized spacial score (nSPS) is 16.1. The molecule has 1 atom stereocenters. The largest absolute Gasteiger partial charge is 0.325 e. The lowest BCUT2D eigenvalue weighted by Crippen LogP contribution is -2.22. The summed E-state index contributed by atoms with van der Waals surface area (Å²) in [5.41, 5.74) is 2.08. The van der Waals surface area contributed by atoms with E-state index in [1.807, 2.05) is 26.0 Å². The van der Waals surface area contributed by atoms with Crippen LogP contribution in [0.15, 0.2) is 18.2 Å². The molecule has 17 heavy (non-hydrogen) atoms. The smallest absolute Gasteiger partial charge is 0.227 e. The highest BCUT2D eigenvalue weighted by Gasteiger charge is 2.32. The Kier molecular flexibility index (Phi) is 3.14. The SMILES string of the molecule is Cc1cccc(NC(=O)C(C)C2CC2)c1C#N. The maximum absolute atomic E-state index is 12.0. The first-order valence-electron chi connectivity index (χ1n) is 5.94. The molecule has 0 aliphatic heterocycles. The first-order valence-corrected chi connectivity index (χ1v) is 5.94. The van der Waals surface area contributed by atoms with Gasteiger partial charge in [-0.05, 0) is 37.3 Å². The quantitative estimate of drug-likeness (QED) is 0.864. The average molecular weight is 228 g/mol. The Morgan fingerprint density at radius 2 is 2.24 bits per heavy atom. The van der Waals surface area contributed by atoms with Crippen molar-refractivity contribution in [3.05, 3.63) is 29.3 Å². The third kappa shape index (κ3) is 2.47. The Morgan fingerprint density at radius 1 is 1.53 bits per heavy atom. The van der Waals surface area contributed by atoms with Crippen molar-refractivity contribution in [2.45, 2.75) is 26.7 Å². The number of rotatable bonds is 3. The van der Waals surface area contributed by atoms with E-state index in [2.05, 4.69) is 11.4 Å². The second-order valence-corrected chi connectivity index (χ2v) is 4.72. The van der Waals surface area contributed by atoms with Gasteiger partial charge in [0.25, 0.3) is 0 Å². The second kappa shape index (κ2) is 4.58. The highest BCUT2D eigenvalue weighted by Crippen LogP contribution is 2.37. The fraction of sp³-hybridized carbons (Fsp3) is 0.429. The van der Waals surface area contributed by atoms with Gasteiger partial charge in [-0.2, -0.15) is 5.26 Å². The predicted octanol–water partition coefficient (Wildman–Crippen LogP) is 2.85. The molecular weight excluding hydrogens is 212 g/mol. The summed E-state index contributed by atoms with van der Waals surface area (Å²) in [4.78, 5) is 12.0. The first-order chi connectivity index (χ1) is 8.13. The van der Waals surface area contributed by atoms with Crippen LogP contribution in [0.25, 0.3) is 0 Å². The summed E-state index contributed by atoms with van der Waals surface area (Å²) in [5, 5.41) is 11.9. The highest BCUT2D eigenvalue weighted by molar-refractivity contribution is 5.94. The summed E-state index contributed by atoms with van der Waals surface area (Å²) >= 11 is 0. The molecule has 1 aliphatic carbocycles. The van der Waals surface area contributed by atoms with E-state index in [9.17, 15) is 4.79 Å². The van der Waals surface area contributed by atoms with Crippen LogP contribution in [0.1, 0.15) is 30.9 Å². The summed E-state index contributed by atoms with van der Waals surface area (Å²) in [6.07, 6.45) is 2.29. The lowest BCUT2D eigenvalue weighted by Gasteiger charge is -2.12. The standard InChI is InChI=1S/C14H16N2O/c1-9-4-3-5-13(12(9)8-15)16-14(17)10(2)11-6-7-11/h3-5,10-11H,6-7H2,1-2H3,(H,16,17). The minimum Gasteiger partial charge on any atom is -0.325 e. The number of carbonyl (C=O) groups excluding carboxylic acids is 1. The van der Waals surface area contributed by atoms with Crippen molar-refractivity contribution in [1.82, 2.24) is 0 Å². The van der Waals surface area contributed by atoms with Gasteiger partial charge < -0.3 is 5.32 Å². The van der Waals surface area contributed by atoms with Gasteiger partial charge in [0.1, 0.15) is 6.07 Å². The third-order valence-electron chi connectivity index (χ3n) is 3.39. The molecule has 0 bridgehead atoms. The summed E-state index contributed by atoms with van der Waals surface area (Å²) in [7, 11) is 0. The molecule has 3 nitrogen and oxygen atoms in total. The summed E-state index contributed by atoms with van der Waals surface area (Å²) < 4.78 is 0. The maximum atomic E-state index is 12.0. The molecule has 0 spiro atoms. The minimum absolute atomic E-state index is 0.0228. The topological polar surface area (TPSA) is 52.9 Å². The van der Waals surface area contributed by atoms with E-state index in [4.69, 9.17) is 5.26 Å². The lowest BCUT2D eigenvalue weighted by atomic mass is 10.0. The van der Waals surface area contributed by atoms with Gasteiger partial charge in [0, 0.05) is 5.92 Å². The third-order valence-corrected chi connectivity index (χ3v) is 3.39. The molecule has 88 valence electrons. The number of hydrogen-bond acceptors (Lipinski definition) is 2. The van der Waals surface area contributed by atoms with Crippen LogP contribution in [-0.4, -0.2) is 5.91 Å². The number of nitriles is 1. The molecule has 1 aliphatic rings. The summed E-state index contributed by atoms with van der Waals surface area (Å²) in [6.45, 7) is 3.83. The molecule has 1 aromatic carbocycles. The van der Waals surface area contributed by atoms with E-state index in [-0.39, 0.29) is 11.8 Å². The molecule has 1 amide bonds. The molecule has 3 heteroatoms. The van der Waals surface area contributed by atoms with Crippen molar-refractivity contribution < 1.29 is 4.79 Å². The van der Waals surface area contributed by atoms with Crippen LogP contribution >= 0.6 is 0 Å². The van der Waals surface area contributed by atoms with Crippen LogP contribution in [0.5, 0.6) is 0 Å². The average Bonchev–Trinajstić information content (AvgIpc) is 3.12. The van der Waals surface area contributed by atoms with E-state index in [1.54, 1.807) is 6.07 Å².